The SMILES string of the molecule is CC(F)c1ncon1. The first-order valence-corrected chi connectivity index (χ1v) is 2.21. The number of nitrogens with zero attached hydrogens (tertiary/aromatic N) is 2. The Hall–Kier alpha value is -0.930. The molecule has 1 aromatic heterocycles. The molecule has 8 heavy (non-hydrogen) atoms. The van der Waals surface area contributed by atoms with Gasteiger partial charge in [-0.2, -0.15) is 4.98 Å². The van der Waals surface area contributed by atoms with Crippen LogP contribution in [0.25, 0.3) is 0 Å². The van der Waals surface area contributed by atoms with E-state index in [2.05, 4.69) is 14.7 Å². The molecule has 3 nitrogen and oxygen atoms in total. The first-order valence-electron chi connectivity index (χ1n) is 2.21. The number of hydrogen-bond donors (Lipinski definition) is 0. The molecule has 0 amide bonds. The van der Waals surface area contributed by atoms with Gasteiger partial charge in [-0.05, 0) is 6.92 Å². The van der Waals surface area contributed by atoms with Gasteiger partial charge in [-0.15, -0.1) is 0 Å². The lowest BCUT2D eigenvalue weighted by Crippen LogP contribution is -1.86. The molecule has 1 aromatic rings. The average molecular weight is 116 g/mol. The van der Waals surface area contributed by atoms with Crippen LogP contribution in [0.15, 0.2) is 10.9 Å². The number of halogens is 1. The summed E-state index contributed by atoms with van der Waals surface area (Å²) in [6, 6.07) is 0. The molecule has 0 N–H and O–H groups in total. The van der Waals surface area contributed by atoms with E-state index in [0.29, 0.717) is 0 Å². The fourth-order valence-corrected chi connectivity index (χ4v) is 0.354. The van der Waals surface area contributed by atoms with Crippen LogP contribution in [0, 0.1) is 0 Å². The minimum Gasteiger partial charge on any atom is -0.343 e. The zero-order valence-electron chi connectivity index (χ0n) is 4.34. The van der Waals surface area contributed by atoms with Gasteiger partial charge in [0.05, 0.1) is 0 Å². The van der Waals surface area contributed by atoms with E-state index in [4.69, 9.17) is 0 Å². The summed E-state index contributed by atoms with van der Waals surface area (Å²) in [7, 11) is 0. The molecule has 0 fully saturated rings. The molecule has 1 heterocycles. The molecule has 1 atom stereocenters. The van der Waals surface area contributed by atoms with Crippen LogP contribution >= 0.6 is 0 Å². The largest absolute Gasteiger partial charge is 0.343 e. The van der Waals surface area contributed by atoms with E-state index in [0.717, 1.165) is 6.39 Å². The number of hydrogen-bond acceptors (Lipinski definition) is 3. The van der Waals surface area contributed by atoms with Crippen molar-refractivity contribution in [2.45, 2.75) is 13.1 Å². The summed E-state index contributed by atoms with van der Waals surface area (Å²) in [5, 5.41) is 3.25. The van der Waals surface area contributed by atoms with Crippen molar-refractivity contribution in [2.75, 3.05) is 0 Å². The van der Waals surface area contributed by atoms with Gasteiger partial charge in [0.2, 0.25) is 12.2 Å². The van der Waals surface area contributed by atoms with E-state index < -0.39 is 6.17 Å². The zero-order valence-corrected chi connectivity index (χ0v) is 4.34. The second-order valence-electron chi connectivity index (χ2n) is 1.41. The lowest BCUT2D eigenvalue weighted by atomic mass is 10.4. The van der Waals surface area contributed by atoms with Gasteiger partial charge in [0.15, 0.2) is 6.17 Å². The van der Waals surface area contributed by atoms with Gasteiger partial charge >= 0.3 is 0 Å². The minimum absolute atomic E-state index is 0.102. The molecule has 1 unspecified atom stereocenters. The Balaban J connectivity index is 2.77. The molecular formula is C4H5FN2O. The fourth-order valence-electron chi connectivity index (χ4n) is 0.354. The summed E-state index contributed by atoms with van der Waals surface area (Å²) in [5.41, 5.74) is 0. The highest BCUT2D eigenvalue weighted by atomic mass is 19.1. The Labute approximate surface area is 45.5 Å². The highest BCUT2D eigenvalue weighted by Gasteiger charge is 2.05. The molecule has 44 valence electrons. The summed E-state index contributed by atoms with van der Waals surface area (Å²) in [6.07, 6.45) is -0.0282. The predicted molar refractivity (Wildman–Crippen MR) is 23.8 cm³/mol. The Kier molecular flexibility index (Phi) is 1.24. The third-order valence-electron chi connectivity index (χ3n) is 0.734. The van der Waals surface area contributed by atoms with Crippen LogP contribution in [-0.2, 0) is 0 Å². The fraction of sp³-hybridized carbons (Fsp3) is 0.500. The first-order chi connectivity index (χ1) is 3.80. The van der Waals surface area contributed by atoms with Crippen molar-refractivity contribution in [3.05, 3.63) is 12.2 Å². The van der Waals surface area contributed by atoms with Crippen molar-refractivity contribution in [1.82, 2.24) is 10.1 Å². The maximum atomic E-state index is 12.1. The lowest BCUT2D eigenvalue weighted by Gasteiger charge is -1.86. The van der Waals surface area contributed by atoms with Crippen LogP contribution in [0.3, 0.4) is 0 Å². The van der Waals surface area contributed by atoms with Crippen LogP contribution < -0.4 is 0 Å². The molecule has 1 rings (SSSR count). The Bertz CT molecular complexity index is 149. The molecule has 0 saturated carbocycles. The van der Waals surface area contributed by atoms with Crippen LogP contribution in [0.4, 0.5) is 4.39 Å². The minimum atomic E-state index is -1.13. The summed E-state index contributed by atoms with van der Waals surface area (Å²) in [4.78, 5) is 3.46. The van der Waals surface area contributed by atoms with E-state index in [9.17, 15) is 4.39 Å². The van der Waals surface area contributed by atoms with E-state index in [-0.39, 0.29) is 5.82 Å². The topological polar surface area (TPSA) is 38.9 Å². The maximum Gasteiger partial charge on any atom is 0.213 e. The van der Waals surface area contributed by atoms with Gasteiger partial charge in [-0.25, -0.2) is 4.39 Å². The van der Waals surface area contributed by atoms with Crippen molar-refractivity contribution in [3.8, 4) is 0 Å². The molecule has 0 saturated heterocycles. The Morgan fingerprint density at radius 2 is 2.62 bits per heavy atom. The van der Waals surface area contributed by atoms with E-state index in [1.165, 1.54) is 6.92 Å². The molecule has 0 bridgehead atoms. The number of rotatable bonds is 1. The monoisotopic (exact) mass is 116 g/mol. The van der Waals surface area contributed by atoms with Crippen LogP contribution in [-0.4, -0.2) is 10.1 Å². The van der Waals surface area contributed by atoms with Crippen molar-refractivity contribution < 1.29 is 8.91 Å². The molecular weight excluding hydrogens is 111 g/mol. The summed E-state index contributed by atoms with van der Waals surface area (Å²) in [6.45, 7) is 1.35. The standard InChI is InChI=1S/C4H5FN2O/c1-3(5)4-6-2-8-7-4/h2-3H,1H3. The molecule has 4 heteroatoms. The van der Waals surface area contributed by atoms with Gasteiger partial charge in [-0.1, -0.05) is 5.16 Å². The van der Waals surface area contributed by atoms with Crippen LogP contribution in [0.5, 0.6) is 0 Å². The van der Waals surface area contributed by atoms with Crippen molar-refractivity contribution in [1.29, 1.82) is 0 Å². The van der Waals surface area contributed by atoms with Gasteiger partial charge < -0.3 is 4.52 Å². The predicted octanol–water partition coefficient (Wildman–Crippen LogP) is 1.10. The zero-order chi connectivity index (χ0) is 5.98. The second kappa shape index (κ2) is 1.90. The smallest absolute Gasteiger partial charge is 0.213 e. The molecule has 0 aromatic carbocycles. The lowest BCUT2D eigenvalue weighted by molar-refractivity contribution is 0.332. The van der Waals surface area contributed by atoms with Crippen molar-refractivity contribution in [2.24, 2.45) is 0 Å². The summed E-state index contributed by atoms with van der Waals surface area (Å²) < 4.78 is 16.4. The van der Waals surface area contributed by atoms with E-state index in [1.54, 1.807) is 0 Å². The van der Waals surface area contributed by atoms with Crippen molar-refractivity contribution in [3.63, 3.8) is 0 Å². The van der Waals surface area contributed by atoms with Crippen LogP contribution in [0.2, 0.25) is 0 Å². The highest BCUT2D eigenvalue weighted by molar-refractivity contribution is 4.80. The number of alkyl halides is 1. The van der Waals surface area contributed by atoms with E-state index >= 15 is 0 Å². The first kappa shape index (κ1) is 5.21. The molecule has 0 aliphatic rings. The molecule has 0 aliphatic heterocycles. The second-order valence-corrected chi connectivity index (χ2v) is 1.41. The average Bonchev–Trinajstić information content (AvgIpc) is 2.12. The quantitative estimate of drug-likeness (QED) is 0.551. The van der Waals surface area contributed by atoms with Gasteiger partial charge in [0.25, 0.3) is 0 Å². The third-order valence-corrected chi connectivity index (χ3v) is 0.734. The summed E-state index contributed by atoms with van der Waals surface area (Å²) in [5.74, 6) is 0.102. The highest BCUT2D eigenvalue weighted by Crippen LogP contribution is 2.08. The van der Waals surface area contributed by atoms with Gasteiger partial charge in [-0.3, -0.25) is 0 Å². The number of aromatic nitrogens is 2. The third kappa shape index (κ3) is 0.828. The van der Waals surface area contributed by atoms with E-state index in [1.807, 2.05) is 0 Å². The van der Waals surface area contributed by atoms with Gasteiger partial charge in [0, 0.05) is 0 Å². The Morgan fingerprint density at radius 1 is 1.88 bits per heavy atom. The molecule has 0 radical (unpaired) electrons. The molecule has 0 spiro atoms. The van der Waals surface area contributed by atoms with Crippen LogP contribution in [0.1, 0.15) is 18.9 Å². The normalized spacial score (nSPS) is 13.8. The van der Waals surface area contributed by atoms with Gasteiger partial charge in [0.1, 0.15) is 0 Å². The molecule has 0 aliphatic carbocycles. The van der Waals surface area contributed by atoms with Crippen molar-refractivity contribution >= 4 is 0 Å². The maximum absolute atomic E-state index is 12.1. The summed E-state index contributed by atoms with van der Waals surface area (Å²) >= 11 is 0. The Morgan fingerprint density at radius 3 is 2.88 bits per heavy atom.